The molecular weight excluding hydrogens is 300 g/mol. The molecule has 0 spiro atoms. The van der Waals surface area contributed by atoms with Gasteiger partial charge in [0.1, 0.15) is 17.2 Å². The zero-order chi connectivity index (χ0) is 16.6. The molecule has 1 heterocycles. The molecule has 0 aliphatic carbocycles. The zero-order valence-electron chi connectivity index (χ0n) is 13.7. The van der Waals surface area contributed by atoms with Crippen LogP contribution in [-0.4, -0.2) is 14.2 Å². The van der Waals surface area contributed by atoms with E-state index in [1.807, 2.05) is 72.8 Å². The van der Waals surface area contributed by atoms with Gasteiger partial charge in [-0.25, -0.2) is 0 Å². The van der Waals surface area contributed by atoms with Gasteiger partial charge in [-0.05, 0) is 18.2 Å². The summed E-state index contributed by atoms with van der Waals surface area (Å²) >= 11 is 0. The van der Waals surface area contributed by atoms with Crippen molar-refractivity contribution in [2.45, 2.75) is 5.60 Å². The third-order valence-corrected chi connectivity index (χ3v) is 4.55. The van der Waals surface area contributed by atoms with Crippen LogP contribution in [0.1, 0.15) is 16.7 Å². The van der Waals surface area contributed by atoms with E-state index in [0.717, 1.165) is 33.9 Å². The summed E-state index contributed by atoms with van der Waals surface area (Å²) < 4.78 is 17.9. The quantitative estimate of drug-likeness (QED) is 0.698. The van der Waals surface area contributed by atoms with E-state index < -0.39 is 5.60 Å². The van der Waals surface area contributed by atoms with E-state index in [0.29, 0.717) is 0 Å². The van der Waals surface area contributed by atoms with E-state index in [1.54, 1.807) is 14.2 Å². The lowest BCUT2D eigenvalue weighted by atomic mass is 9.77. The summed E-state index contributed by atoms with van der Waals surface area (Å²) in [4.78, 5) is 0. The van der Waals surface area contributed by atoms with Crippen LogP contribution in [-0.2, 0) is 10.3 Å². The molecule has 0 unspecified atom stereocenters. The second-order valence-electron chi connectivity index (χ2n) is 5.68. The van der Waals surface area contributed by atoms with Crippen LogP contribution in [0.4, 0.5) is 0 Å². The van der Waals surface area contributed by atoms with Gasteiger partial charge in [-0.15, -0.1) is 0 Å². The van der Waals surface area contributed by atoms with Gasteiger partial charge in [0.15, 0.2) is 5.60 Å². The predicted octanol–water partition coefficient (Wildman–Crippen LogP) is 4.74. The first-order valence-electron chi connectivity index (χ1n) is 7.87. The minimum absolute atomic E-state index is 0.780. The van der Waals surface area contributed by atoms with E-state index in [2.05, 4.69) is 0 Å². The molecule has 120 valence electrons. The summed E-state index contributed by atoms with van der Waals surface area (Å²) in [6.45, 7) is 0. The molecule has 1 aliphatic heterocycles. The molecule has 3 nitrogen and oxygen atoms in total. The normalized spacial score (nSPS) is 14.2. The Balaban J connectivity index is 2.11. The highest BCUT2D eigenvalue weighted by molar-refractivity contribution is 5.63. The fourth-order valence-electron chi connectivity index (χ4n) is 3.51. The highest BCUT2D eigenvalue weighted by Gasteiger charge is 2.45. The van der Waals surface area contributed by atoms with Crippen LogP contribution < -0.4 is 9.47 Å². The fraction of sp³-hybridized carbons (Fsp3) is 0.143. The summed E-state index contributed by atoms with van der Waals surface area (Å²) in [6.07, 6.45) is 0. The van der Waals surface area contributed by atoms with E-state index in [4.69, 9.17) is 14.2 Å². The van der Waals surface area contributed by atoms with Crippen molar-refractivity contribution in [1.82, 2.24) is 0 Å². The lowest BCUT2D eigenvalue weighted by molar-refractivity contribution is 0.0478. The Hall–Kier alpha value is -2.78. The van der Waals surface area contributed by atoms with E-state index in [1.165, 1.54) is 0 Å². The van der Waals surface area contributed by atoms with Crippen LogP contribution >= 0.6 is 0 Å². The van der Waals surface area contributed by atoms with Gasteiger partial charge in [0.05, 0.1) is 7.11 Å². The van der Waals surface area contributed by atoms with E-state index in [-0.39, 0.29) is 0 Å². The number of hydrogen-bond donors (Lipinski definition) is 0. The maximum atomic E-state index is 6.20. The maximum absolute atomic E-state index is 6.20. The highest BCUT2D eigenvalue weighted by Crippen LogP contribution is 2.53. The van der Waals surface area contributed by atoms with Crippen molar-refractivity contribution in [3.8, 4) is 17.2 Å². The van der Waals surface area contributed by atoms with Gasteiger partial charge in [0, 0.05) is 23.8 Å². The van der Waals surface area contributed by atoms with Crippen LogP contribution in [0, 0.1) is 0 Å². The molecule has 0 atom stereocenters. The Bertz CT molecular complexity index is 840. The minimum atomic E-state index is -0.780. The lowest BCUT2D eigenvalue weighted by Gasteiger charge is -2.40. The number of rotatable bonds is 3. The zero-order valence-corrected chi connectivity index (χ0v) is 13.7. The van der Waals surface area contributed by atoms with Crippen LogP contribution in [0.15, 0.2) is 72.8 Å². The number of para-hydroxylation sites is 3. The van der Waals surface area contributed by atoms with Crippen molar-refractivity contribution in [2.24, 2.45) is 0 Å². The Labute approximate surface area is 141 Å². The van der Waals surface area contributed by atoms with Crippen LogP contribution in [0.2, 0.25) is 0 Å². The molecule has 3 heteroatoms. The molecule has 0 saturated heterocycles. The van der Waals surface area contributed by atoms with Gasteiger partial charge in [-0.3, -0.25) is 0 Å². The molecule has 0 fully saturated rings. The first-order chi connectivity index (χ1) is 11.8. The SMILES string of the molecule is COc1ccccc1C1(OC)c2ccccc2Oc2ccccc21. The monoisotopic (exact) mass is 318 g/mol. The molecule has 3 aromatic rings. The molecule has 1 aliphatic rings. The van der Waals surface area contributed by atoms with Gasteiger partial charge in [-0.1, -0.05) is 54.6 Å². The largest absolute Gasteiger partial charge is 0.496 e. The van der Waals surface area contributed by atoms with Crippen molar-refractivity contribution >= 4 is 0 Å². The Morgan fingerprint density at radius 1 is 0.667 bits per heavy atom. The van der Waals surface area contributed by atoms with Gasteiger partial charge >= 0.3 is 0 Å². The van der Waals surface area contributed by atoms with Gasteiger partial charge < -0.3 is 14.2 Å². The molecule has 0 radical (unpaired) electrons. The Morgan fingerprint density at radius 2 is 1.17 bits per heavy atom. The summed E-state index contributed by atoms with van der Waals surface area (Å²) in [5.74, 6) is 2.37. The van der Waals surface area contributed by atoms with Crippen LogP contribution in [0.5, 0.6) is 17.2 Å². The Kier molecular flexibility index (Phi) is 3.51. The second kappa shape index (κ2) is 5.69. The van der Waals surface area contributed by atoms with E-state index >= 15 is 0 Å². The van der Waals surface area contributed by atoms with Crippen molar-refractivity contribution in [2.75, 3.05) is 14.2 Å². The second-order valence-corrected chi connectivity index (χ2v) is 5.68. The first-order valence-corrected chi connectivity index (χ1v) is 7.87. The van der Waals surface area contributed by atoms with Crippen molar-refractivity contribution < 1.29 is 14.2 Å². The minimum Gasteiger partial charge on any atom is -0.496 e. The standard InChI is InChI=1S/C21H18O3/c1-22-18-12-6-3-9-15(18)21(23-2)16-10-4-7-13-19(16)24-20-14-8-5-11-17(20)21/h3-14H,1-2H3. The number of benzene rings is 3. The summed E-state index contributed by atoms with van der Waals surface area (Å²) in [7, 11) is 3.41. The summed E-state index contributed by atoms with van der Waals surface area (Å²) in [6, 6.07) is 23.9. The summed E-state index contributed by atoms with van der Waals surface area (Å²) in [5, 5.41) is 0. The molecule has 0 N–H and O–H groups in total. The van der Waals surface area contributed by atoms with Crippen molar-refractivity contribution in [3.63, 3.8) is 0 Å². The van der Waals surface area contributed by atoms with Crippen LogP contribution in [0.3, 0.4) is 0 Å². The smallest absolute Gasteiger partial charge is 0.154 e. The topological polar surface area (TPSA) is 27.7 Å². The molecule has 4 rings (SSSR count). The molecule has 0 amide bonds. The Morgan fingerprint density at radius 3 is 1.71 bits per heavy atom. The highest BCUT2D eigenvalue weighted by atomic mass is 16.5. The van der Waals surface area contributed by atoms with Gasteiger partial charge in [0.25, 0.3) is 0 Å². The van der Waals surface area contributed by atoms with Crippen molar-refractivity contribution in [3.05, 3.63) is 89.5 Å². The third-order valence-electron chi connectivity index (χ3n) is 4.55. The number of hydrogen-bond acceptors (Lipinski definition) is 3. The number of methoxy groups -OCH3 is 2. The molecule has 0 aromatic heterocycles. The average molecular weight is 318 g/mol. The maximum Gasteiger partial charge on any atom is 0.154 e. The molecular formula is C21H18O3. The van der Waals surface area contributed by atoms with Gasteiger partial charge in [0.2, 0.25) is 0 Å². The lowest BCUT2D eigenvalue weighted by Crippen LogP contribution is -2.35. The number of ether oxygens (including phenoxy) is 3. The predicted molar refractivity (Wildman–Crippen MR) is 92.8 cm³/mol. The van der Waals surface area contributed by atoms with Crippen molar-refractivity contribution in [1.29, 1.82) is 0 Å². The first kappa shape index (κ1) is 14.8. The third kappa shape index (κ3) is 1.95. The average Bonchev–Trinajstić information content (AvgIpc) is 2.66. The van der Waals surface area contributed by atoms with E-state index in [9.17, 15) is 0 Å². The molecule has 0 saturated carbocycles. The van der Waals surface area contributed by atoms with Crippen LogP contribution in [0.25, 0.3) is 0 Å². The molecule has 0 bridgehead atoms. The summed E-state index contributed by atoms with van der Waals surface area (Å²) in [5.41, 5.74) is 2.11. The molecule has 3 aromatic carbocycles. The fourth-order valence-corrected chi connectivity index (χ4v) is 3.51. The molecule has 24 heavy (non-hydrogen) atoms. The van der Waals surface area contributed by atoms with Gasteiger partial charge in [-0.2, -0.15) is 0 Å². The number of fused-ring (bicyclic) bond motifs is 2.